The number of aliphatic carboxylic acids is 1. The van der Waals surface area contributed by atoms with Crippen molar-refractivity contribution in [1.82, 2.24) is 10.3 Å². The van der Waals surface area contributed by atoms with Gasteiger partial charge >= 0.3 is 5.97 Å². The molecule has 2 N–H and O–H groups in total. The summed E-state index contributed by atoms with van der Waals surface area (Å²) in [7, 11) is 0. The number of pyridine rings is 1. The Morgan fingerprint density at radius 3 is 3.00 bits per heavy atom. The molecule has 1 saturated heterocycles. The minimum atomic E-state index is -0.738. The molecule has 2 rings (SSSR count). The molecule has 5 heteroatoms. The van der Waals surface area contributed by atoms with Gasteiger partial charge in [-0.25, -0.2) is 4.98 Å². The lowest BCUT2D eigenvalue weighted by Gasteiger charge is -2.28. The van der Waals surface area contributed by atoms with Crippen LogP contribution in [-0.4, -0.2) is 22.6 Å². The Bertz CT molecular complexity index is 450. The predicted molar refractivity (Wildman–Crippen MR) is 60.1 cm³/mol. The summed E-state index contributed by atoms with van der Waals surface area (Å²) in [5.74, 6) is -1.03. The van der Waals surface area contributed by atoms with E-state index in [1.807, 2.05) is 12.1 Å². The molecule has 1 fully saturated rings. The molecule has 0 aliphatic carbocycles. The number of hydrogen-bond donors (Lipinski definition) is 2. The number of hydrogen-bond acceptors (Lipinski definition) is 4. The summed E-state index contributed by atoms with van der Waals surface area (Å²) in [6.45, 7) is 0.696. The first-order chi connectivity index (χ1) is 8.20. The number of aromatic nitrogens is 1. The maximum atomic E-state index is 10.9. The van der Waals surface area contributed by atoms with Gasteiger partial charge in [0.05, 0.1) is 5.92 Å². The largest absolute Gasteiger partial charge is 0.481 e. The average molecular weight is 231 g/mol. The van der Waals surface area contributed by atoms with Crippen molar-refractivity contribution >= 4 is 5.97 Å². The fraction of sp³-hybridized carbons (Fsp3) is 0.417. The first-order valence-electron chi connectivity index (χ1n) is 5.53. The minimum Gasteiger partial charge on any atom is -0.481 e. The zero-order chi connectivity index (χ0) is 12.3. The maximum Gasteiger partial charge on any atom is 0.306 e. The van der Waals surface area contributed by atoms with Crippen molar-refractivity contribution < 1.29 is 9.90 Å². The molecule has 1 aliphatic heterocycles. The Kier molecular flexibility index (Phi) is 3.35. The third kappa shape index (κ3) is 2.60. The van der Waals surface area contributed by atoms with Crippen LogP contribution >= 0.6 is 0 Å². The van der Waals surface area contributed by atoms with Gasteiger partial charge in [0.2, 0.25) is 0 Å². The van der Waals surface area contributed by atoms with Crippen LogP contribution in [0.3, 0.4) is 0 Å². The molecule has 0 radical (unpaired) electrons. The van der Waals surface area contributed by atoms with Crippen LogP contribution < -0.4 is 5.32 Å². The molecule has 1 aromatic rings. The van der Waals surface area contributed by atoms with Crippen LogP contribution in [0.15, 0.2) is 18.3 Å². The van der Waals surface area contributed by atoms with Gasteiger partial charge in [-0.15, -0.1) is 0 Å². The minimum absolute atomic E-state index is 0.0186. The molecule has 1 aromatic heterocycles. The summed E-state index contributed by atoms with van der Waals surface area (Å²) >= 11 is 0. The number of nitrogens with one attached hydrogen (secondary N) is 1. The summed E-state index contributed by atoms with van der Waals surface area (Å²) in [6.07, 6.45) is 2.87. The van der Waals surface area contributed by atoms with E-state index in [-0.39, 0.29) is 12.0 Å². The zero-order valence-corrected chi connectivity index (χ0v) is 9.26. The molecule has 2 atom stereocenters. The van der Waals surface area contributed by atoms with Crippen molar-refractivity contribution in [1.29, 1.82) is 5.26 Å². The van der Waals surface area contributed by atoms with Crippen LogP contribution in [-0.2, 0) is 4.79 Å². The lowest BCUT2D eigenvalue weighted by molar-refractivity contribution is -0.143. The molecule has 2 unspecified atom stereocenters. The summed E-state index contributed by atoms with van der Waals surface area (Å²) in [4.78, 5) is 14.9. The molecule has 2 heterocycles. The van der Waals surface area contributed by atoms with Crippen molar-refractivity contribution in [2.45, 2.75) is 18.9 Å². The van der Waals surface area contributed by atoms with Gasteiger partial charge < -0.3 is 10.4 Å². The molecule has 1 aliphatic rings. The van der Waals surface area contributed by atoms with Gasteiger partial charge in [-0.1, -0.05) is 6.07 Å². The van der Waals surface area contributed by atoms with Crippen LogP contribution in [0.25, 0.3) is 0 Å². The Balaban J connectivity index is 2.11. The smallest absolute Gasteiger partial charge is 0.306 e. The third-order valence-electron chi connectivity index (χ3n) is 3.06. The highest BCUT2D eigenvalue weighted by Gasteiger charge is 2.27. The van der Waals surface area contributed by atoms with E-state index in [1.54, 1.807) is 12.3 Å². The van der Waals surface area contributed by atoms with E-state index in [0.29, 0.717) is 25.1 Å². The average Bonchev–Trinajstić information content (AvgIpc) is 2.39. The predicted octanol–water partition coefficient (Wildman–Crippen LogP) is 1.08. The van der Waals surface area contributed by atoms with E-state index >= 15 is 0 Å². The van der Waals surface area contributed by atoms with Crippen LogP contribution in [0, 0.1) is 17.2 Å². The summed E-state index contributed by atoms with van der Waals surface area (Å²) in [5, 5.41) is 20.9. The number of piperidine rings is 1. The van der Waals surface area contributed by atoms with Gasteiger partial charge in [0, 0.05) is 12.2 Å². The summed E-state index contributed by atoms with van der Waals surface area (Å²) in [6, 6.07) is 5.46. The van der Waals surface area contributed by atoms with Gasteiger partial charge in [-0.3, -0.25) is 4.79 Å². The standard InChI is InChI=1S/C12H13N3O2/c13-6-10-2-1-9(7-15-10)11-5-8(12(16)17)3-4-14-11/h1-2,7-8,11,14H,3-5H2,(H,16,17). The van der Waals surface area contributed by atoms with Crippen molar-refractivity contribution in [2.75, 3.05) is 6.54 Å². The Labute approximate surface area is 99.1 Å². The molecule has 0 amide bonds. The first kappa shape index (κ1) is 11.6. The fourth-order valence-electron chi connectivity index (χ4n) is 2.07. The number of carboxylic acids is 1. The monoisotopic (exact) mass is 231 g/mol. The molecule has 5 nitrogen and oxygen atoms in total. The van der Waals surface area contributed by atoms with Gasteiger partial charge in [-0.2, -0.15) is 5.26 Å². The number of nitriles is 1. The van der Waals surface area contributed by atoms with Crippen LogP contribution in [0.5, 0.6) is 0 Å². The Morgan fingerprint density at radius 1 is 1.59 bits per heavy atom. The van der Waals surface area contributed by atoms with E-state index in [0.717, 1.165) is 5.56 Å². The van der Waals surface area contributed by atoms with Crippen molar-refractivity contribution in [3.05, 3.63) is 29.6 Å². The highest BCUT2D eigenvalue weighted by atomic mass is 16.4. The quantitative estimate of drug-likeness (QED) is 0.795. The molecule has 0 aromatic carbocycles. The molecular formula is C12H13N3O2. The molecule has 0 saturated carbocycles. The third-order valence-corrected chi connectivity index (χ3v) is 3.06. The van der Waals surface area contributed by atoms with Crippen LogP contribution in [0.1, 0.15) is 30.1 Å². The van der Waals surface area contributed by atoms with Gasteiger partial charge in [0.25, 0.3) is 0 Å². The van der Waals surface area contributed by atoms with Crippen molar-refractivity contribution in [3.8, 4) is 6.07 Å². The normalized spacial score (nSPS) is 23.9. The van der Waals surface area contributed by atoms with Gasteiger partial charge in [0.1, 0.15) is 11.8 Å². The Morgan fingerprint density at radius 2 is 2.41 bits per heavy atom. The first-order valence-corrected chi connectivity index (χ1v) is 5.53. The van der Waals surface area contributed by atoms with Crippen molar-refractivity contribution in [2.24, 2.45) is 5.92 Å². The van der Waals surface area contributed by atoms with Gasteiger partial charge in [-0.05, 0) is 31.0 Å². The second-order valence-corrected chi connectivity index (χ2v) is 4.15. The Hall–Kier alpha value is -1.93. The fourth-order valence-corrected chi connectivity index (χ4v) is 2.07. The van der Waals surface area contributed by atoms with E-state index in [9.17, 15) is 4.79 Å². The highest BCUT2D eigenvalue weighted by molar-refractivity contribution is 5.70. The van der Waals surface area contributed by atoms with E-state index in [1.165, 1.54) is 0 Å². The van der Waals surface area contributed by atoms with Crippen molar-refractivity contribution in [3.63, 3.8) is 0 Å². The number of nitrogens with zero attached hydrogens (tertiary/aromatic N) is 2. The number of carbonyl (C=O) groups is 1. The van der Waals surface area contributed by atoms with E-state index in [2.05, 4.69) is 10.3 Å². The molecule has 88 valence electrons. The molecular weight excluding hydrogens is 218 g/mol. The molecule has 17 heavy (non-hydrogen) atoms. The molecule has 0 bridgehead atoms. The van der Waals surface area contributed by atoms with Crippen LogP contribution in [0.2, 0.25) is 0 Å². The van der Waals surface area contributed by atoms with Gasteiger partial charge in [0.15, 0.2) is 0 Å². The maximum absolute atomic E-state index is 10.9. The SMILES string of the molecule is N#Cc1ccc(C2CC(C(=O)O)CCN2)cn1. The van der Waals surface area contributed by atoms with E-state index in [4.69, 9.17) is 10.4 Å². The highest BCUT2D eigenvalue weighted by Crippen LogP contribution is 2.26. The topological polar surface area (TPSA) is 86.0 Å². The summed E-state index contributed by atoms with van der Waals surface area (Å²) in [5.41, 5.74) is 1.31. The van der Waals surface area contributed by atoms with Crippen LogP contribution in [0.4, 0.5) is 0 Å². The molecule has 0 spiro atoms. The number of carboxylic acid groups (broad SMARTS) is 1. The second kappa shape index (κ2) is 4.93. The van der Waals surface area contributed by atoms with E-state index < -0.39 is 5.97 Å². The number of rotatable bonds is 2. The lowest BCUT2D eigenvalue weighted by Crippen LogP contribution is -2.34. The lowest BCUT2D eigenvalue weighted by atomic mass is 9.89. The zero-order valence-electron chi connectivity index (χ0n) is 9.26. The summed E-state index contributed by atoms with van der Waals surface area (Å²) < 4.78 is 0. The second-order valence-electron chi connectivity index (χ2n) is 4.15.